The highest BCUT2D eigenvalue weighted by molar-refractivity contribution is 5.86. The number of likely N-dealkylation sites (tertiary alicyclic amines) is 1. The summed E-state index contributed by atoms with van der Waals surface area (Å²) in [6, 6.07) is 9.04. The summed E-state index contributed by atoms with van der Waals surface area (Å²) in [5, 5.41) is 15.6. The zero-order valence-corrected chi connectivity index (χ0v) is 20.2. The van der Waals surface area contributed by atoms with Gasteiger partial charge in [-0.1, -0.05) is 30.3 Å². The number of hydrogen-bond donors (Lipinski definition) is 3. The molecule has 2 fully saturated rings. The number of carbonyl (C=O) groups is 3. The summed E-state index contributed by atoms with van der Waals surface area (Å²) in [6.45, 7) is 3.14. The highest BCUT2D eigenvalue weighted by atomic mass is 35.5. The number of nitrogens with zero attached hydrogens (tertiary/aromatic N) is 1. The summed E-state index contributed by atoms with van der Waals surface area (Å²) in [5.74, 6) is -0.845. The van der Waals surface area contributed by atoms with Crippen LogP contribution in [0, 0.1) is 11.8 Å². The molecule has 2 aliphatic rings. The SMILES string of the molecule is Cl.O=C(N[C@@H](CCCc1ccccc1)C(=O)O)[C@@H]1CCCN(C(=O)CCC2CCNCC2)C1. The van der Waals surface area contributed by atoms with Crippen LogP contribution in [0.4, 0.5) is 0 Å². The van der Waals surface area contributed by atoms with Crippen LogP contribution in [0.3, 0.4) is 0 Å². The molecule has 1 aromatic rings. The third kappa shape index (κ3) is 8.97. The summed E-state index contributed by atoms with van der Waals surface area (Å²) >= 11 is 0. The van der Waals surface area contributed by atoms with Crippen LogP contribution in [-0.4, -0.2) is 60.0 Å². The number of benzene rings is 1. The van der Waals surface area contributed by atoms with Crippen molar-refractivity contribution < 1.29 is 19.5 Å². The topological polar surface area (TPSA) is 98.7 Å². The van der Waals surface area contributed by atoms with E-state index in [4.69, 9.17) is 0 Å². The number of aryl methyl sites for hydroxylation is 1. The van der Waals surface area contributed by atoms with E-state index in [0.717, 1.165) is 50.8 Å². The highest BCUT2D eigenvalue weighted by Crippen LogP contribution is 2.22. The fraction of sp³-hybridized carbons (Fsp3) is 0.640. The molecule has 0 unspecified atom stereocenters. The van der Waals surface area contributed by atoms with Crippen molar-refractivity contribution in [1.82, 2.24) is 15.5 Å². The van der Waals surface area contributed by atoms with Gasteiger partial charge in [-0.2, -0.15) is 0 Å². The van der Waals surface area contributed by atoms with Crippen LogP contribution in [0.5, 0.6) is 0 Å². The van der Waals surface area contributed by atoms with Crippen molar-refractivity contribution in [3.63, 3.8) is 0 Å². The summed E-state index contributed by atoms with van der Waals surface area (Å²) in [5.41, 5.74) is 1.16. The van der Waals surface area contributed by atoms with Crippen molar-refractivity contribution in [2.45, 2.75) is 63.8 Å². The maximum atomic E-state index is 12.8. The number of nitrogens with one attached hydrogen (secondary N) is 2. The minimum absolute atomic E-state index is 0. The molecule has 2 atom stereocenters. The van der Waals surface area contributed by atoms with Crippen molar-refractivity contribution >= 4 is 30.2 Å². The van der Waals surface area contributed by atoms with E-state index >= 15 is 0 Å². The quantitative estimate of drug-likeness (QED) is 0.479. The van der Waals surface area contributed by atoms with Crippen LogP contribution in [0.1, 0.15) is 56.9 Å². The van der Waals surface area contributed by atoms with E-state index in [9.17, 15) is 19.5 Å². The Labute approximate surface area is 203 Å². The van der Waals surface area contributed by atoms with E-state index in [1.165, 1.54) is 0 Å². The van der Waals surface area contributed by atoms with Crippen LogP contribution in [-0.2, 0) is 20.8 Å². The van der Waals surface area contributed by atoms with Crippen LogP contribution < -0.4 is 10.6 Å². The average Bonchev–Trinajstić information content (AvgIpc) is 2.83. The third-order valence-electron chi connectivity index (χ3n) is 6.79. The van der Waals surface area contributed by atoms with Gasteiger partial charge in [0.2, 0.25) is 11.8 Å². The Balaban J connectivity index is 0.00000385. The van der Waals surface area contributed by atoms with Crippen LogP contribution in [0.25, 0.3) is 0 Å². The second kappa shape index (κ2) is 14.2. The summed E-state index contributed by atoms with van der Waals surface area (Å²) in [7, 11) is 0. The van der Waals surface area contributed by atoms with E-state index in [1.807, 2.05) is 30.3 Å². The number of carboxylic acids is 1. The smallest absolute Gasteiger partial charge is 0.326 e. The third-order valence-corrected chi connectivity index (χ3v) is 6.79. The second-order valence-corrected chi connectivity index (χ2v) is 9.19. The lowest BCUT2D eigenvalue weighted by Gasteiger charge is -2.33. The zero-order valence-electron chi connectivity index (χ0n) is 19.3. The van der Waals surface area contributed by atoms with E-state index in [1.54, 1.807) is 4.90 Å². The van der Waals surface area contributed by atoms with E-state index in [0.29, 0.717) is 44.7 Å². The molecule has 1 aromatic carbocycles. The van der Waals surface area contributed by atoms with Crippen LogP contribution in [0.15, 0.2) is 30.3 Å². The van der Waals surface area contributed by atoms with E-state index < -0.39 is 12.0 Å². The lowest BCUT2D eigenvalue weighted by Crippen LogP contribution is -2.49. The molecule has 3 N–H and O–H groups in total. The molecule has 184 valence electrons. The van der Waals surface area contributed by atoms with Crippen molar-refractivity contribution in [3.05, 3.63) is 35.9 Å². The maximum Gasteiger partial charge on any atom is 0.326 e. The second-order valence-electron chi connectivity index (χ2n) is 9.19. The largest absolute Gasteiger partial charge is 0.480 e. The molecule has 33 heavy (non-hydrogen) atoms. The van der Waals surface area contributed by atoms with Gasteiger partial charge in [0.1, 0.15) is 6.04 Å². The number of carbonyl (C=O) groups excluding carboxylic acids is 2. The minimum atomic E-state index is -1.00. The van der Waals surface area contributed by atoms with Gasteiger partial charge in [0, 0.05) is 19.5 Å². The summed E-state index contributed by atoms with van der Waals surface area (Å²) in [6.07, 6.45) is 7.03. The molecule has 0 saturated carbocycles. The van der Waals surface area contributed by atoms with Crippen molar-refractivity contribution in [2.75, 3.05) is 26.2 Å². The molecule has 0 aliphatic carbocycles. The molecular weight excluding hydrogens is 442 g/mol. The maximum absolute atomic E-state index is 12.8. The van der Waals surface area contributed by atoms with Gasteiger partial charge in [-0.05, 0) is 75.9 Å². The first-order chi connectivity index (χ1) is 15.5. The molecule has 8 heteroatoms. The summed E-state index contributed by atoms with van der Waals surface area (Å²) < 4.78 is 0. The van der Waals surface area contributed by atoms with Crippen LogP contribution in [0.2, 0.25) is 0 Å². The van der Waals surface area contributed by atoms with Gasteiger partial charge in [-0.3, -0.25) is 9.59 Å². The zero-order chi connectivity index (χ0) is 22.8. The lowest BCUT2D eigenvalue weighted by molar-refractivity contribution is -0.144. The predicted octanol–water partition coefficient (Wildman–Crippen LogP) is 3.02. The minimum Gasteiger partial charge on any atom is -0.480 e. The number of amides is 2. The number of hydrogen-bond acceptors (Lipinski definition) is 4. The van der Waals surface area contributed by atoms with Crippen LogP contribution >= 0.6 is 12.4 Å². The number of aliphatic carboxylic acids is 1. The molecule has 3 rings (SSSR count). The van der Waals surface area contributed by atoms with E-state index in [-0.39, 0.29) is 30.1 Å². The Morgan fingerprint density at radius 2 is 1.85 bits per heavy atom. The molecule has 0 spiro atoms. The summed E-state index contributed by atoms with van der Waals surface area (Å²) in [4.78, 5) is 39.0. The lowest BCUT2D eigenvalue weighted by atomic mass is 9.92. The first kappa shape index (κ1) is 27.1. The molecule has 0 aromatic heterocycles. The predicted molar refractivity (Wildman–Crippen MR) is 130 cm³/mol. The number of rotatable bonds is 10. The van der Waals surface area contributed by atoms with Gasteiger partial charge in [0.25, 0.3) is 0 Å². The Hall–Kier alpha value is -2.12. The Bertz CT molecular complexity index is 755. The molecular formula is C25H38ClN3O4. The molecule has 7 nitrogen and oxygen atoms in total. The Morgan fingerprint density at radius 1 is 1.12 bits per heavy atom. The first-order valence-electron chi connectivity index (χ1n) is 12.1. The van der Waals surface area contributed by atoms with Gasteiger partial charge >= 0.3 is 5.97 Å². The normalized spacial score (nSPS) is 19.9. The molecule has 0 radical (unpaired) electrons. The number of carboxylic acid groups (broad SMARTS) is 1. The Kier molecular flexibility index (Phi) is 11.7. The average molecular weight is 480 g/mol. The molecule has 2 saturated heterocycles. The van der Waals surface area contributed by atoms with Crippen molar-refractivity contribution in [1.29, 1.82) is 0 Å². The van der Waals surface area contributed by atoms with Crippen molar-refractivity contribution in [3.8, 4) is 0 Å². The van der Waals surface area contributed by atoms with Crippen molar-refractivity contribution in [2.24, 2.45) is 11.8 Å². The van der Waals surface area contributed by atoms with Gasteiger partial charge in [-0.25, -0.2) is 4.79 Å². The molecule has 2 heterocycles. The fourth-order valence-corrected chi connectivity index (χ4v) is 4.78. The standard InChI is InChI=1S/C25H37N3O4.ClH/c29-23(12-11-20-13-15-26-16-14-20)28-17-5-9-21(18-28)24(30)27-22(25(31)32)10-4-8-19-6-2-1-3-7-19;/h1-3,6-7,20-22,26H,4-5,8-18H2,(H,27,30)(H,31,32);1H/t21-,22+;/m1./s1. The number of piperidine rings is 2. The Morgan fingerprint density at radius 3 is 2.55 bits per heavy atom. The molecule has 2 aliphatic heterocycles. The van der Waals surface area contributed by atoms with Gasteiger partial charge < -0.3 is 20.6 Å². The van der Waals surface area contributed by atoms with Gasteiger partial charge in [0.05, 0.1) is 5.92 Å². The highest BCUT2D eigenvalue weighted by Gasteiger charge is 2.31. The first-order valence-corrected chi connectivity index (χ1v) is 12.1. The fourth-order valence-electron chi connectivity index (χ4n) is 4.78. The number of halogens is 1. The van der Waals surface area contributed by atoms with Gasteiger partial charge in [-0.15, -0.1) is 12.4 Å². The molecule has 0 bridgehead atoms. The monoisotopic (exact) mass is 479 g/mol. The van der Waals surface area contributed by atoms with E-state index in [2.05, 4.69) is 10.6 Å². The van der Waals surface area contributed by atoms with Gasteiger partial charge in [0.15, 0.2) is 0 Å². The molecule has 2 amide bonds.